The first-order chi connectivity index (χ1) is 8.20. The number of unbranched alkanes of at least 4 members (excludes halogenated alkanes) is 3. The number of aliphatic hydroxyl groups is 2. The summed E-state index contributed by atoms with van der Waals surface area (Å²) >= 11 is 0. The van der Waals surface area contributed by atoms with Crippen LogP contribution >= 0.6 is 0 Å². The molecule has 2 nitrogen and oxygen atoms in total. The molecule has 0 aromatic carbocycles. The van der Waals surface area contributed by atoms with Gasteiger partial charge in [-0.15, -0.1) is 0 Å². The van der Waals surface area contributed by atoms with Crippen LogP contribution in [0.1, 0.15) is 32.6 Å². The molecule has 92 valence electrons. The average Bonchev–Trinajstić information content (AvgIpc) is 2.34. The van der Waals surface area contributed by atoms with Crippen molar-refractivity contribution in [2.75, 3.05) is 0 Å². The van der Waals surface area contributed by atoms with Crippen molar-refractivity contribution in [1.29, 1.82) is 0 Å². The second kappa shape index (κ2) is 11.0. The summed E-state index contributed by atoms with van der Waals surface area (Å²) in [5.74, 6) is 9.94. The van der Waals surface area contributed by atoms with E-state index in [2.05, 4.69) is 37.2 Å². The molecule has 2 N–H and O–H groups in total. The summed E-state index contributed by atoms with van der Waals surface area (Å²) in [6.45, 7) is 5.53. The monoisotopic (exact) mass is 232 g/mol. The third kappa shape index (κ3) is 10.8. The molecule has 0 saturated heterocycles. The van der Waals surface area contributed by atoms with E-state index in [1.54, 1.807) is 6.08 Å². The predicted octanol–water partition coefficient (Wildman–Crippen LogP) is 2.04. The van der Waals surface area contributed by atoms with Crippen LogP contribution in [0.15, 0.2) is 24.8 Å². The lowest BCUT2D eigenvalue weighted by Crippen LogP contribution is -1.97. The van der Waals surface area contributed by atoms with Crippen LogP contribution in [0.25, 0.3) is 0 Å². The fourth-order valence-electron chi connectivity index (χ4n) is 1.06. The van der Waals surface area contributed by atoms with Gasteiger partial charge in [-0.1, -0.05) is 50.3 Å². The molecule has 2 heteroatoms. The first kappa shape index (κ1) is 15.5. The zero-order chi connectivity index (χ0) is 12.9. The molecule has 0 aliphatic rings. The smallest absolute Gasteiger partial charge is 0.134 e. The average molecular weight is 232 g/mol. The summed E-state index contributed by atoms with van der Waals surface area (Å²) < 4.78 is 0. The van der Waals surface area contributed by atoms with Gasteiger partial charge in [0.15, 0.2) is 0 Å². The minimum Gasteiger partial charge on any atom is -0.377 e. The minimum atomic E-state index is -0.856. The maximum absolute atomic E-state index is 9.42. The fourth-order valence-corrected chi connectivity index (χ4v) is 1.06. The number of hydrogen-bond acceptors (Lipinski definition) is 2. The molecule has 2 atom stereocenters. The van der Waals surface area contributed by atoms with Crippen LogP contribution in [0.4, 0.5) is 0 Å². The quantitative estimate of drug-likeness (QED) is 0.418. The van der Waals surface area contributed by atoms with E-state index in [1.807, 2.05) is 6.08 Å². The Bertz CT molecular complexity index is 347. The van der Waals surface area contributed by atoms with Gasteiger partial charge in [0.05, 0.1) is 0 Å². The van der Waals surface area contributed by atoms with E-state index in [1.165, 1.54) is 18.9 Å². The topological polar surface area (TPSA) is 40.5 Å². The van der Waals surface area contributed by atoms with Crippen LogP contribution in [0.5, 0.6) is 0 Å². The Balaban J connectivity index is 3.91. The molecule has 0 amide bonds. The maximum atomic E-state index is 9.42. The molecule has 0 bridgehead atoms. The summed E-state index contributed by atoms with van der Waals surface area (Å²) in [5.41, 5.74) is 0. The van der Waals surface area contributed by atoms with Crippen molar-refractivity contribution in [2.45, 2.75) is 44.8 Å². The van der Waals surface area contributed by atoms with E-state index < -0.39 is 12.2 Å². The summed E-state index contributed by atoms with van der Waals surface area (Å²) in [6, 6.07) is 0. The van der Waals surface area contributed by atoms with E-state index in [0.29, 0.717) is 0 Å². The van der Waals surface area contributed by atoms with Gasteiger partial charge >= 0.3 is 0 Å². The van der Waals surface area contributed by atoms with E-state index in [4.69, 9.17) is 5.11 Å². The predicted molar refractivity (Wildman–Crippen MR) is 71.0 cm³/mol. The molecule has 0 aromatic heterocycles. The van der Waals surface area contributed by atoms with Crippen molar-refractivity contribution in [1.82, 2.24) is 0 Å². The zero-order valence-electron chi connectivity index (χ0n) is 10.3. The summed E-state index contributed by atoms with van der Waals surface area (Å²) in [7, 11) is 0. The number of aliphatic hydroxyl groups excluding tert-OH is 2. The maximum Gasteiger partial charge on any atom is 0.134 e. The van der Waals surface area contributed by atoms with Crippen molar-refractivity contribution >= 4 is 0 Å². The van der Waals surface area contributed by atoms with Crippen LogP contribution in [-0.4, -0.2) is 22.4 Å². The Morgan fingerprint density at radius 2 is 1.76 bits per heavy atom. The van der Waals surface area contributed by atoms with E-state index in [-0.39, 0.29) is 0 Å². The van der Waals surface area contributed by atoms with Crippen molar-refractivity contribution < 1.29 is 10.2 Å². The highest BCUT2D eigenvalue weighted by Gasteiger charge is 1.89. The lowest BCUT2D eigenvalue weighted by Gasteiger charge is -1.94. The highest BCUT2D eigenvalue weighted by molar-refractivity contribution is 5.31. The Kier molecular flexibility index (Phi) is 10.1. The number of allylic oxidation sites excluding steroid dienone is 1. The zero-order valence-corrected chi connectivity index (χ0v) is 10.3. The van der Waals surface area contributed by atoms with Crippen LogP contribution in [0.3, 0.4) is 0 Å². The van der Waals surface area contributed by atoms with Crippen LogP contribution in [0.2, 0.25) is 0 Å². The van der Waals surface area contributed by atoms with E-state index >= 15 is 0 Å². The van der Waals surface area contributed by atoms with Gasteiger partial charge < -0.3 is 10.2 Å². The second-order valence-electron chi connectivity index (χ2n) is 3.59. The third-order valence-corrected chi connectivity index (χ3v) is 2.02. The molecular formula is C15H20O2. The largest absolute Gasteiger partial charge is 0.377 e. The Morgan fingerprint density at radius 3 is 2.35 bits per heavy atom. The fraction of sp³-hybridized carbons (Fsp3) is 0.467. The molecule has 0 radical (unpaired) electrons. The first-order valence-corrected chi connectivity index (χ1v) is 5.87. The highest BCUT2D eigenvalue weighted by Crippen LogP contribution is 2.00. The third-order valence-electron chi connectivity index (χ3n) is 2.02. The van der Waals surface area contributed by atoms with Gasteiger partial charge in [-0.2, -0.15) is 0 Å². The Hall–Kier alpha value is -1.48. The lowest BCUT2D eigenvalue weighted by atomic mass is 10.2. The SMILES string of the molecule is C=C[C@@H](O)C#CC#C[C@@H](O)C=CCCCCC. The first-order valence-electron chi connectivity index (χ1n) is 5.87. The molecule has 0 heterocycles. The van der Waals surface area contributed by atoms with E-state index in [0.717, 1.165) is 12.8 Å². The van der Waals surface area contributed by atoms with Gasteiger partial charge in [-0.3, -0.25) is 0 Å². The van der Waals surface area contributed by atoms with Gasteiger partial charge in [0, 0.05) is 0 Å². The lowest BCUT2D eigenvalue weighted by molar-refractivity contribution is 0.280. The van der Waals surface area contributed by atoms with Gasteiger partial charge in [0.1, 0.15) is 12.2 Å². The molecule has 0 rings (SSSR count). The molecule has 0 aliphatic heterocycles. The Labute approximate surface area is 104 Å². The highest BCUT2D eigenvalue weighted by atomic mass is 16.3. The summed E-state index contributed by atoms with van der Waals surface area (Å²) in [6.07, 6.45) is 7.77. The van der Waals surface area contributed by atoms with E-state index in [9.17, 15) is 5.11 Å². The molecule has 0 aromatic rings. The van der Waals surface area contributed by atoms with Crippen molar-refractivity contribution in [3.63, 3.8) is 0 Å². The molecule has 17 heavy (non-hydrogen) atoms. The molecule has 0 fully saturated rings. The van der Waals surface area contributed by atoms with Gasteiger partial charge in [-0.25, -0.2) is 0 Å². The van der Waals surface area contributed by atoms with Crippen LogP contribution in [0, 0.1) is 23.7 Å². The number of rotatable bonds is 6. The second-order valence-corrected chi connectivity index (χ2v) is 3.59. The summed E-state index contributed by atoms with van der Waals surface area (Å²) in [4.78, 5) is 0. The Morgan fingerprint density at radius 1 is 1.12 bits per heavy atom. The minimum absolute atomic E-state index is 0.785. The van der Waals surface area contributed by atoms with Crippen molar-refractivity contribution in [3.8, 4) is 23.7 Å². The normalized spacial score (nSPS) is 13.1. The van der Waals surface area contributed by atoms with Gasteiger partial charge in [0.2, 0.25) is 0 Å². The van der Waals surface area contributed by atoms with Crippen LogP contribution in [-0.2, 0) is 0 Å². The van der Waals surface area contributed by atoms with Crippen LogP contribution < -0.4 is 0 Å². The number of hydrogen-bond donors (Lipinski definition) is 2. The molecule has 0 unspecified atom stereocenters. The molecule has 0 saturated carbocycles. The molecule has 0 spiro atoms. The van der Waals surface area contributed by atoms with Gasteiger partial charge in [-0.05, 0) is 30.8 Å². The molecular weight excluding hydrogens is 212 g/mol. The molecule has 0 aliphatic carbocycles. The standard InChI is InChI=1S/C15H20O2/c1-3-5-6-7-8-12-15(17)13-10-9-11-14(16)4-2/h4,8,12,14-17H,2-3,5-7H2,1H3/t14-,15+/m1/s1. The van der Waals surface area contributed by atoms with Crippen molar-refractivity contribution in [3.05, 3.63) is 24.8 Å². The van der Waals surface area contributed by atoms with Gasteiger partial charge in [0.25, 0.3) is 0 Å². The summed E-state index contributed by atoms with van der Waals surface area (Å²) in [5, 5.41) is 18.4. The van der Waals surface area contributed by atoms with Crippen molar-refractivity contribution in [2.24, 2.45) is 0 Å².